The lowest BCUT2D eigenvalue weighted by molar-refractivity contribution is 0.893. The Balaban J connectivity index is 2.47. The fraction of sp³-hybridized carbons (Fsp3) is 0.125. The maximum atomic E-state index is 11.3. The Labute approximate surface area is 94.0 Å². The topological polar surface area (TPSA) is 128 Å². The molecule has 0 saturated heterocycles. The summed E-state index contributed by atoms with van der Waals surface area (Å²) in [6.07, 6.45) is 0. The van der Waals surface area contributed by atoms with Crippen molar-refractivity contribution >= 4 is 17.1 Å². The van der Waals surface area contributed by atoms with Crippen molar-refractivity contribution in [3.63, 3.8) is 0 Å². The third-order valence-electron chi connectivity index (χ3n) is 1.75. The van der Waals surface area contributed by atoms with Crippen LogP contribution < -0.4 is 22.1 Å². The van der Waals surface area contributed by atoms with E-state index >= 15 is 0 Å². The highest BCUT2D eigenvalue weighted by Crippen LogP contribution is 1.99. The molecule has 0 fully saturated rings. The summed E-state index contributed by atoms with van der Waals surface area (Å²) in [6, 6.07) is 0. The average Bonchev–Trinajstić information content (AvgIpc) is 2.25. The number of anilines is 1. The van der Waals surface area contributed by atoms with Gasteiger partial charge in [0.05, 0.1) is 0 Å². The Bertz CT molecular complexity index is 686. The molecule has 0 aromatic carbocycles. The molecule has 2 aromatic heterocycles. The van der Waals surface area contributed by atoms with E-state index in [9.17, 15) is 9.59 Å². The Morgan fingerprint density at radius 1 is 1.29 bits per heavy atom. The highest BCUT2D eigenvalue weighted by molar-refractivity contribution is 5.67. The zero-order valence-electron chi connectivity index (χ0n) is 8.87. The zero-order valence-corrected chi connectivity index (χ0v) is 8.87. The number of hydrogen-bond acceptors (Lipinski definition) is 7. The number of fused-ring (bicyclic) bond motifs is 1. The van der Waals surface area contributed by atoms with Gasteiger partial charge in [0.25, 0.3) is 11.5 Å². The van der Waals surface area contributed by atoms with Gasteiger partial charge in [-0.1, -0.05) is 6.58 Å². The molecule has 0 radical (unpaired) electrons. The molecule has 0 bridgehead atoms. The number of H-pyrrole nitrogens is 2. The molecule has 0 aliphatic heterocycles. The number of hydrogen-bond donors (Lipinski definition) is 4. The number of rotatable bonds is 3. The predicted octanol–water partition coefficient (Wildman–Crippen LogP) is -1.15. The van der Waals surface area contributed by atoms with Crippen LogP contribution in [0.5, 0.6) is 0 Å². The first-order chi connectivity index (χ1) is 8.06. The fourth-order valence-corrected chi connectivity index (χ4v) is 1.08. The normalized spacial score (nSPS) is 10.2. The van der Waals surface area contributed by atoms with Crippen LogP contribution >= 0.6 is 0 Å². The van der Waals surface area contributed by atoms with Crippen LogP contribution in [0.2, 0.25) is 0 Å². The van der Waals surface area contributed by atoms with Crippen molar-refractivity contribution in [1.82, 2.24) is 30.6 Å². The average molecular weight is 235 g/mol. The Morgan fingerprint density at radius 3 is 2.76 bits per heavy atom. The summed E-state index contributed by atoms with van der Waals surface area (Å²) >= 11 is 0. The van der Waals surface area contributed by atoms with Gasteiger partial charge in [-0.25, -0.2) is 4.79 Å². The van der Waals surface area contributed by atoms with Gasteiger partial charge < -0.3 is 5.43 Å². The third-order valence-corrected chi connectivity index (χ3v) is 1.75. The van der Waals surface area contributed by atoms with Crippen LogP contribution in [0.4, 0.5) is 5.95 Å². The van der Waals surface area contributed by atoms with Crippen LogP contribution in [0.15, 0.2) is 21.9 Å². The van der Waals surface area contributed by atoms with E-state index < -0.39 is 11.2 Å². The summed E-state index contributed by atoms with van der Waals surface area (Å²) in [6.45, 7) is 5.33. The van der Waals surface area contributed by atoms with Gasteiger partial charge in [0, 0.05) is 5.70 Å². The van der Waals surface area contributed by atoms with Gasteiger partial charge in [0.1, 0.15) is 0 Å². The summed E-state index contributed by atoms with van der Waals surface area (Å²) in [5.41, 5.74) is 4.65. The molecular formula is C8H9N7O2. The highest BCUT2D eigenvalue weighted by Gasteiger charge is 2.05. The molecule has 2 aromatic rings. The van der Waals surface area contributed by atoms with E-state index in [4.69, 9.17) is 0 Å². The second kappa shape index (κ2) is 4.04. The fourth-order valence-electron chi connectivity index (χ4n) is 1.08. The largest absolute Gasteiger partial charge is 0.327 e. The van der Waals surface area contributed by atoms with Crippen LogP contribution in [-0.2, 0) is 0 Å². The van der Waals surface area contributed by atoms with Crippen LogP contribution in [0.3, 0.4) is 0 Å². The number of hydrazine groups is 1. The van der Waals surface area contributed by atoms with E-state index in [0.29, 0.717) is 5.70 Å². The molecular weight excluding hydrogens is 226 g/mol. The first-order valence-corrected chi connectivity index (χ1v) is 4.61. The summed E-state index contributed by atoms with van der Waals surface area (Å²) in [7, 11) is 0. The van der Waals surface area contributed by atoms with Crippen molar-refractivity contribution in [3.05, 3.63) is 33.1 Å². The van der Waals surface area contributed by atoms with Crippen molar-refractivity contribution in [2.75, 3.05) is 5.43 Å². The van der Waals surface area contributed by atoms with Gasteiger partial charge >= 0.3 is 5.69 Å². The monoisotopic (exact) mass is 235 g/mol. The van der Waals surface area contributed by atoms with Gasteiger partial charge in [-0.05, 0) is 6.92 Å². The van der Waals surface area contributed by atoms with Crippen molar-refractivity contribution in [3.8, 4) is 0 Å². The summed E-state index contributed by atoms with van der Waals surface area (Å²) in [5.74, 6) is 0.113. The lowest BCUT2D eigenvalue weighted by Crippen LogP contribution is -2.25. The molecule has 0 unspecified atom stereocenters. The molecule has 9 nitrogen and oxygen atoms in total. The van der Waals surface area contributed by atoms with E-state index in [0.717, 1.165) is 0 Å². The van der Waals surface area contributed by atoms with Crippen LogP contribution in [0.25, 0.3) is 11.2 Å². The van der Waals surface area contributed by atoms with Crippen LogP contribution in [0.1, 0.15) is 6.92 Å². The number of nitrogens with zero attached hydrogens (tertiary/aromatic N) is 3. The predicted molar refractivity (Wildman–Crippen MR) is 60.1 cm³/mol. The molecule has 2 heterocycles. The minimum absolute atomic E-state index is 0.0366. The molecule has 88 valence electrons. The highest BCUT2D eigenvalue weighted by atomic mass is 16.2. The summed E-state index contributed by atoms with van der Waals surface area (Å²) < 4.78 is 0. The minimum Gasteiger partial charge on any atom is -0.303 e. The van der Waals surface area contributed by atoms with E-state index in [1.165, 1.54) is 0 Å². The molecule has 0 aliphatic carbocycles. The summed E-state index contributed by atoms with van der Waals surface area (Å²) in [5, 5.41) is 7.29. The molecule has 17 heavy (non-hydrogen) atoms. The number of aromatic amines is 2. The lowest BCUT2D eigenvalue weighted by Gasteiger charge is -2.05. The van der Waals surface area contributed by atoms with E-state index in [2.05, 4.69) is 37.6 Å². The maximum Gasteiger partial charge on any atom is 0.327 e. The Morgan fingerprint density at radius 2 is 2.06 bits per heavy atom. The Hall–Kier alpha value is -2.71. The number of aromatic nitrogens is 5. The van der Waals surface area contributed by atoms with Crippen molar-refractivity contribution < 1.29 is 0 Å². The third kappa shape index (κ3) is 2.27. The van der Waals surface area contributed by atoms with E-state index in [-0.39, 0.29) is 17.1 Å². The van der Waals surface area contributed by atoms with Gasteiger partial charge in [0.15, 0.2) is 11.2 Å². The van der Waals surface area contributed by atoms with Gasteiger partial charge in [-0.3, -0.25) is 20.2 Å². The quantitative estimate of drug-likeness (QED) is 0.494. The van der Waals surface area contributed by atoms with E-state index in [1.807, 2.05) is 4.98 Å². The van der Waals surface area contributed by atoms with Gasteiger partial charge in [-0.2, -0.15) is 4.98 Å². The second-order valence-electron chi connectivity index (χ2n) is 3.27. The molecule has 9 heteroatoms. The summed E-state index contributed by atoms with van der Waals surface area (Å²) in [4.78, 5) is 30.6. The number of allylic oxidation sites excluding steroid dienone is 1. The van der Waals surface area contributed by atoms with Crippen LogP contribution in [-0.4, -0.2) is 25.1 Å². The number of nitrogens with one attached hydrogen (secondary N) is 4. The van der Waals surface area contributed by atoms with Crippen molar-refractivity contribution in [2.24, 2.45) is 0 Å². The first-order valence-electron chi connectivity index (χ1n) is 4.61. The molecule has 0 atom stereocenters. The van der Waals surface area contributed by atoms with Crippen LogP contribution in [0, 0.1) is 0 Å². The Kier molecular flexibility index (Phi) is 2.57. The zero-order chi connectivity index (χ0) is 12.4. The second-order valence-corrected chi connectivity index (χ2v) is 3.27. The van der Waals surface area contributed by atoms with Gasteiger partial charge in [0.2, 0.25) is 0 Å². The molecule has 4 N–H and O–H groups in total. The van der Waals surface area contributed by atoms with Crippen molar-refractivity contribution in [2.45, 2.75) is 6.92 Å². The molecule has 0 saturated carbocycles. The molecule has 0 aliphatic rings. The smallest absolute Gasteiger partial charge is 0.303 e. The lowest BCUT2D eigenvalue weighted by atomic mass is 10.5. The minimum atomic E-state index is -0.651. The first kappa shape index (κ1) is 10.8. The maximum absolute atomic E-state index is 11.3. The molecule has 2 rings (SSSR count). The van der Waals surface area contributed by atoms with Crippen molar-refractivity contribution in [1.29, 1.82) is 0 Å². The van der Waals surface area contributed by atoms with E-state index in [1.54, 1.807) is 6.92 Å². The van der Waals surface area contributed by atoms with Gasteiger partial charge in [-0.15, -0.1) is 10.2 Å². The SMILES string of the molecule is C=C(C)NNc1nnc2c(=O)[nH]c(=O)[nH]c2n1. The molecule has 0 spiro atoms. The molecule has 0 amide bonds. The standard InChI is InChI=1S/C8H9N7O2/c1-3(2)12-14-7-9-5-4(13-15-7)6(16)11-8(17)10-5/h12H,1H2,2H3,(H3,9,10,11,14,15,16,17).